The Hall–Kier alpha value is -2.56. The lowest BCUT2D eigenvalue weighted by Gasteiger charge is -2.17. The minimum absolute atomic E-state index is 0.0247. The van der Waals surface area contributed by atoms with Gasteiger partial charge in [0.2, 0.25) is 0 Å². The highest BCUT2D eigenvalue weighted by Gasteiger charge is 2.18. The normalized spacial score (nSPS) is 10.1. The minimum atomic E-state index is -0.446. The zero-order valence-corrected chi connectivity index (χ0v) is 9.74. The van der Waals surface area contributed by atoms with Crippen LogP contribution in [0.2, 0.25) is 0 Å². The highest BCUT2D eigenvalue weighted by atomic mass is 16.3. The van der Waals surface area contributed by atoms with Crippen molar-refractivity contribution in [3.8, 4) is 11.5 Å². The third kappa shape index (κ3) is 2.24. The molecule has 1 heterocycles. The van der Waals surface area contributed by atoms with Crippen LogP contribution in [0.25, 0.3) is 0 Å². The Morgan fingerprint density at radius 1 is 1.22 bits per heavy atom. The van der Waals surface area contributed by atoms with Crippen LogP contribution in [0, 0.1) is 0 Å². The van der Waals surface area contributed by atoms with Crippen molar-refractivity contribution >= 4 is 11.6 Å². The molecule has 0 spiro atoms. The fraction of sp³-hybridized carbons (Fsp3) is 0.0769. The third-order valence-electron chi connectivity index (χ3n) is 2.51. The van der Waals surface area contributed by atoms with Crippen LogP contribution in [0.1, 0.15) is 10.5 Å². The molecule has 2 N–H and O–H groups in total. The number of amides is 1. The van der Waals surface area contributed by atoms with Gasteiger partial charge in [-0.25, -0.2) is 4.98 Å². The topological polar surface area (TPSA) is 73.7 Å². The number of anilines is 1. The molecule has 0 unspecified atom stereocenters. The Morgan fingerprint density at radius 3 is 2.67 bits per heavy atom. The number of rotatable bonds is 2. The van der Waals surface area contributed by atoms with Crippen molar-refractivity contribution in [3.05, 3.63) is 48.3 Å². The van der Waals surface area contributed by atoms with Crippen molar-refractivity contribution in [2.45, 2.75) is 0 Å². The maximum Gasteiger partial charge on any atom is 0.280 e. The van der Waals surface area contributed by atoms with Gasteiger partial charge in [0.05, 0.1) is 0 Å². The predicted octanol–water partition coefficient (Wildman–Crippen LogP) is 1.77. The van der Waals surface area contributed by atoms with Gasteiger partial charge < -0.3 is 15.1 Å². The summed E-state index contributed by atoms with van der Waals surface area (Å²) in [6.45, 7) is 0. The number of pyridine rings is 1. The van der Waals surface area contributed by atoms with Crippen molar-refractivity contribution in [1.29, 1.82) is 0 Å². The van der Waals surface area contributed by atoms with E-state index in [4.69, 9.17) is 0 Å². The lowest BCUT2D eigenvalue weighted by atomic mass is 10.2. The van der Waals surface area contributed by atoms with Crippen LogP contribution in [-0.4, -0.2) is 28.2 Å². The molecule has 0 aliphatic rings. The first-order chi connectivity index (χ1) is 8.59. The van der Waals surface area contributed by atoms with E-state index in [9.17, 15) is 15.0 Å². The number of aromatic hydroxyl groups is 2. The Labute approximate surface area is 104 Å². The molecule has 0 fully saturated rings. The van der Waals surface area contributed by atoms with Crippen LogP contribution < -0.4 is 4.90 Å². The van der Waals surface area contributed by atoms with Gasteiger partial charge in [-0.15, -0.1) is 0 Å². The summed E-state index contributed by atoms with van der Waals surface area (Å²) >= 11 is 0. The molecule has 0 saturated carbocycles. The average Bonchev–Trinajstić information content (AvgIpc) is 2.37. The monoisotopic (exact) mass is 244 g/mol. The van der Waals surface area contributed by atoms with Gasteiger partial charge in [0.25, 0.3) is 5.91 Å². The lowest BCUT2D eigenvalue weighted by Crippen LogP contribution is -2.27. The second-order valence-corrected chi connectivity index (χ2v) is 3.76. The van der Waals surface area contributed by atoms with E-state index in [0.29, 0.717) is 5.69 Å². The molecule has 0 atom stereocenters. The number of aromatic nitrogens is 1. The molecule has 0 bridgehead atoms. The Bertz CT molecular complexity index is 584. The van der Waals surface area contributed by atoms with E-state index in [1.807, 2.05) is 0 Å². The molecule has 92 valence electrons. The summed E-state index contributed by atoms with van der Waals surface area (Å²) in [6, 6.07) is 9.22. The van der Waals surface area contributed by atoms with Crippen LogP contribution in [-0.2, 0) is 0 Å². The predicted molar refractivity (Wildman–Crippen MR) is 66.7 cm³/mol. The SMILES string of the molecule is CN(C(=O)c1ncccc1O)c1cccc(O)c1. The van der Waals surface area contributed by atoms with E-state index < -0.39 is 5.91 Å². The third-order valence-corrected chi connectivity index (χ3v) is 2.51. The molecule has 0 aliphatic carbocycles. The van der Waals surface area contributed by atoms with Gasteiger partial charge in [0.15, 0.2) is 5.69 Å². The fourth-order valence-electron chi connectivity index (χ4n) is 1.54. The fourth-order valence-corrected chi connectivity index (χ4v) is 1.54. The van der Waals surface area contributed by atoms with Crippen LogP contribution in [0.5, 0.6) is 11.5 Å². The number of hydrogen-bond donors (Lipinski definition) is 2. The minimum Gasteiger partial charge on any atom is -0.508 e. The molecule has 0 radical (unpaired) electrons. The molecule has 0 saturated heterocycles. The molecule has 5 nitrogen and oxygen atoms in total. The molecule has 1 amide bonds. The first-order valence-electron chi connectivity index (χ1n) is 5.30. The lowest BCUT2D eigenvalue weighted by molar-refractivity contribution is 0.0985. The van der Waals surface area contributed by atoms with Gasteiger partial charge in [-0.2, -0.15) is 0 Å². The summed E-state index contributed by atoms with van der Waals surface area (Å²) in [5, 5.41) is 18.9. The quantitative estimate of drug-likeness (QED) is 0.844. The summed E-state index contributed by atoms with van der Waals surface area (Å²) in [5.74, 6) is -0.550. The number of phenolic OH excluding ortho intramolecular Hbond substituents is 1. The number of carbonyl (C=O) groups is 1. The molecule has 5 heteroatoms. The molecule has 2 rings (SSSR count). The standard InChI is InChI=1S/C13H12N2O3/c1-15(9-4-2-5-10(16)8-9)13(18)12-11(17)6-3-7-14-12/h2-8,16-17H,1H3. The average molecular weight is 244 g/mol. The van der Waals surface area contributed by atoms with Crippen LogP contribution in [0.4, 0.5) is 5.69 Å². The number of phenols is 1. The van der Waals surface area contributed by atoms with Gasteiger partial charge >= 0.3 is 0 Å². The summed E-state index contributed by atoms with van der Waals surface area (Å²) < 4.78 is 0. The first-order valence-corrected chi connectivity index (χ1v) is 5.30. The maximum absolute atomic E-state index is 12.1. The van der Waals surface area contributed by atoms with Gasteiger partial charge in [0.1, 0.15) is 11.5 Å². The smallest absolute Gasteiger partial charge is 0.280 e. The van der Waals surface area contributed by atoms with E-state index >= 15 is 0 Å². The number of benzene rings is 1. The molecule has 18 heavy (non-hydrogen) atoms. The summed E-state index contributed by atoms with van der Waals surface area (Å²) in [7, 11) is 1.55. The first kappa shape index (κ1) is 11.9. The molecule has 1 aromatic carbocycles. The summed E-state index contributed by atoms with van der Waals surface area (Å²) in [5.41, 5.74) is 0.494. The van der Waals surface area contributed by atoms with E-state index in [-0.39, 0.29) is 17.2 Å². The molecule has 2 aromatic rings. The number of hydrogen-bond acceptors (Lipinski definition) is 4. The molecule has 1 aromatic heterocycles. The second kappa shape index (κ2) is 4.75. The van der Waals surface area contributed by atoms with Gasteiger partial charge in [0, 0.05) is 25.0 Å². The van der Waals surface area contributed by atoms with Crippen molar-refractivity contribution in [2.75, 3.05) is 11.9 Å². The highest BCUT2D eigenvalue weighted by Crippen LogP contribution is 2.22. The van der Waals surface area contributed by atoms with Crippen molar-refractivity contribution < 1.29 is 15.0 Å². The Kier molecular flexibility index (Phi) is 3.14. The zero-order chi connectivity index (χ0) is 13.1. The molecular formula is C13H12N2O3. The van der Waals surface area contributed by atoms with Crippen LogP contribution >= 0.6 is 0 Å². The van der Waals surface area contributed by atoms with E-state index in [0.717, 1.165) is 0 Å². The largest absolute Gasteiger partial charge is 0.508 e. The van der Waals surface area contributed by atoms with Gasteiger partial charge in [-0.3, -0.25) is 4.79 Å². The molecular weight excluding hydrogens is 232 g/mol. The van der Waals surface area contributed by atoms with Crippen molar-refractivity contribution in [2.24, 2.45) is 0 Å². The van der Waals surface area contributed by atoms with Crippen LogP contribution in [0.15, 0.2) is 42.6 Å². The van der Waals surface area contributed by atoms with Gasteiger partial charge in [-0.1, -0.05) is 6.07 Å². The van der Waals surface area contributed by atoms with E-state index in [1.54, 1.807) is 25.2 Å². The summed E-state index contributed by atoms with van der Waals surface area (Å²) in [4.78, 5) is 17.2. The maximum atomic E-state index is 12.1. The molecule has 0 aliphatic heterocycles. The Morgan fingerprint density at radius 2 is 2.00 bits per heavy atom. The van der Waals surface area contributed by atoms with Gasteiger partial charge in [-0.05, 0) is 24.3 Å². The number of nitrogens with zero attached hydrogens (tertiary/aromatic N) is 2. The van der Waals surface area contributed by atoms with Crippen molar-refractivity contribution in [1.82, 2.24) is 4.98 Å². The summed E-state index contributed by atoms with van der Waals surface area (Å²) in [6.07, 6.45) is 1.43. The van der Waals surface area contributed by atoms with Crippen molar-refractivity contribution in [3.63, 3.8) is 0 Å². The van der Waals surface area contributed by atoms with E-state index in [1.165, 1.54) is 29.3 Å². The van der Waals surface area contributed by atoms with Crippen LogP contribution in [0.3, 0.4) is 0 Å². The highest BCUT2D eigenvalue weighted by molar-refractivity contribution is 6.06. The Balaban J connectivity index is 2.32. The second-order valence-electron chi connectivity index (χ2n) is 3.76. The number of carbonyl (C=O) groups excluding carboxylic acids is 1. The zero-order valence-electron chi connectivity index (χ0n) is 9.74. The van der Waals surface area contributed by atoms with E-state index in [2.05, 4.69) is 4.98 Å².